The normalized spacial score (nSPS) is 22.8. The molecule has 0 spiro atoms. The Bertz CT molecular complexity index is 290. The largest absolute Gasteiger partial charge is 0.468 e. The van der Waals surface area contributed by atoms with E-state index >= 15 is 0 Å². The van der Waals surface area contributed by atoms with Crippen LogP contribution in [0.3, 0.4) is 0 Å². The first-order valence-electron chi connectivity index (χ1n) is 7.19. The van der Waals surface area contributed by atoms with Crippen LogP contribution in [0.1, 0.15) is 27.2 Å². The highest BCUT2D eigenvalue weighted by Crippen LogP contribution is 2.19. The Hall–Kier alpha value is -0.650. The summed E-state index contributed by atoms with van der Waals surface area (Å²) in [5.74, 6) is -0.171. The van der Waals surface area contributed by atoms with E-state index in [4.69, 9.17) is 4.74 Å². The summed E-state index contributed by atoms with van der Waals surface area (Å²) in [6.45, 7) is 11.3. The van der Waals surface area contributed by atoms with Gasteiger partial charge in [0.1, 0.15) is 5.54 Å². The van der Waals surface area contributed by atoms with Crippen LogP contribution in [-0.4, -0.2) is 74.2 Å². The molecule has 0 radical (unpaired) electrons. The number of carbonyl (C=O) groups excluding carboxylic acids is 1. The summed E-state index contributed by atoms with van der Waals surface area (Å²) < 4.78 is 4.95. The van der Waals surface area contributed by atoms with E-state index in [1.807, 2.05) is 13.8 Å². The molecule has 0 aromatic carbocycles. The Kier molecular flexibility index (Phi) is 6.23. The van der Waals surface area contributed by atoms with Gasteiger partial charge in [-0.25, -0.2) is 0 Å². The van der Waals surface area contributed by atoms with Crippen molar-refractivity contribution in [3.05, 3.63) is 0 Å². The molecule has 112 valence electrons. The fourth-order valence-corrected chi connectivity index (χ4v) is 2.83. The monoisotopic (exact) mass is 271 g/mol. The molecule has 0 bridgehead atoms. The van der Waals surface area contributed by atoms with E-state index in [9.17, 15) is 4.79 Å². The molecule has 0 amide bonds. The van der Waals surface area contributed by atoms with Gasteiger partial charge < -0.3 is 15.0 Å². The van der Waals surface area contributed by atoms with Crippen LogP contribution in [0.15, 0.2) is 0 Å². The molecule has 0 saturated carbocycles. The molecule has 1 saturated heterocycles. The Labute approximate surface area is 117 Å². The maximum atomic E-state index is 12.0. The average molecular weight is 271 g/mol. The third-order valence-corrected chi connectivity index (χ3v) is 4.07. The number of piperazine rings is 1. The molecule has 5 heteroatoms. The van der Waals surface area contributed by atoms with Gasteiger partial charge in [-0.1, -0.05) is 6.92 Å². The summed E-state index contributed by atoms with van der Waals surface area (Å²) in [5, 5.41) is 3.28. The van der Waals surface area contributed by atoms with Gasteiger partial charge >= 0.3 is 5.97 Å². The van der Waals surface area contributed by atoms with Crippen LogP contribution in [0.25, 0.3) is 0 Å². The van der Waals surface area contributed by atoms with Gasteiger partial charge in [0, 0.05) is 32.2 Å². The van der Waals surface area contributed by atoms with Crippen molar-refractivity contribution in [2.24, 2.45) is 0 Å². The minimum absolute atomic E-state index is 0.171. The molecular formula is C14H29N3O2. The Balaban J connectivity index is 2.60. The number of methoxy groups -OCH3 is 1. The van der Waals surface area contributed by atoms with E-state index in [1.54, 1.807) is 0 Å². The summed E-state index contributed by atoms with van der Waals surface area (Å²) in [4.78, 5) is 16.8. The molecule has 19 heavy (non-hydrogen) atoms. The highest BCUT2D eigenvalue weighted by atomic mass is 16.5. The molecule has 1 rings (SSSR count). The van der Waals surface area contributed by atoms with E-state index in [1.165, 1.54) is 7.11 Å². The zero-order chi connectivity index (χ0) is 14.5. The van der Waals surface area contributed by atoms with Gasteiger partial charge in [0.15, 0.2) is 0 Å². The molecule has 1 fully saturated rings. The number of hydrogen-bond acceptors (Lipinski definition) is 5. The lowest BCUT2D eigenvalue weighted by Crippen LogP contribution is -2.56. The first-order valence-corrected chi connectivity index (χ1v) is 7.19. The second-order valence-corrected chi connectivity index (χ2v) is 5.75. The van der Waals surface area contributed by atoms with Crippen LogP contribution in [0.2, 0.25) is 0 Å². The van der Waals surface area contributed by atoms with Crippen molar-refractivity contribution in [1.82, 2.24) is 15.1 Å². The minimum atomic E-state index is -0.591. The molecule has 2 atom stereocenters. The lowest BCUT2D eigenvalue weighted by Gasteiger charge is -2.39. The van der Waals surface area contributed by atoms with Crippen molar-refractivity contribution in [3.8, 4) is 0 Å². The maximum Gasteiger partial charge on any atom is 0.325 e. The molecule has 0 aromatic rings. The number of hydrogen-bond donors (Lipinski definition) is 1. The smallest absolute Gasteiger partial charge is 0.325 e. The summed E-state index contributed by atoms with van der Waals surface area (Å²) in [7, 11) is 3.61. The lowest BCUT2D eigenvalue weighted by molar-refractivity contribution is -0.148. The fraction of sp³-hybridized carbons (Fsp3) is 0.929. The first-order chi connectivity index (χ1) is 8.92. The summed E-state index contributed by atoms with van der Waals surface area (Å²) in [6.07, 6.45) is 0.775. The Morgan fingerprint density at radius 1 is 1.37 bits per heavy atom. The predicted octanol–water partition coefficient (Wildman–Crippen LogP) is 0.554. The SMILES string of the molecule is CCNC(C)(CC(C)N1CCN(C)CC1)C(=O)OC. The number of nitrogens with zero attached hydrogens (tertiary/aromatic N) is 2. The minimum Gasteiger partial charge on any atom is -0.468 e. The first kappa shape index (κ1) is 16.4. The van der Waals surface area contributed by atoms with Crippen molar-refractivity contribution in [1.29, 1.82) is 0 Å². The summed E-state index contributed by atoms with van der Waals surface area (Å²) >= 11 is 0. The Morgan fingerprint density at radius 3 is 2.42 bits per heavy atom. The number of ether oxygens (including phenoxy) is 1. The fourth-order valence-electron chi connectivity index (χ4n) is 2.83. The van der Waals surface area contributed by atoms with Gasteiger partial charge in [0.25, 0.3) is 0 Å². The Morgan fingerprint density at radius 2 is 1.95 bits per heavy atom. The van der Waals surface area contributed by atoms with E-state index < -0.39 is 5.54 Å². The molecule has 1 aliphatic heterocycles. The van der Waals surface area contributed by atoms with Gasteiger partial charge in [-0.2, -0.15) is 0 Å². The van der Waals surface area contributed by atoms with Gasteiger partial charge in [-0.15, -0.1) is 0 Å². The number of nitrogens with one attached hydrogen (secondary N) is 1. The zero-order valence-corrected chi connectivity index (χ0v) is 13.0. The molecule has 1 aliphatic rings. The third-order valence-electron chi connectivity index (χ3n) is 4.07. The topological polar surface area (TPSA) is 44.8 Å². The molecular weight excluding hydrogens is 242 g/mol. The van der Waals surface area contributed by atoms with Crippen molar-refractivity contribution < 1.29 is 9.53 Å². The van der Waals surface area contributed by atoms with Gasteiger partial charge in [0.2, 0.25) is 0 Å². The van der Waals surface area contributed by atoms with Crippen molar-refractivity contribution >= 4 is 5.97 Å². The molecule has 0 aliphatic carbocycles. The lowest BCUT2D eigenvalue weighted by atomic mass is 9.92. The van der Waals surface area contributed by atoms with Crippen LogP contribution in [0.4, 0.5) is 0 Å². The third kappa shape index (κ3) is 4.44. The summed E-state index contributed by atoms with van der Waals surface area (Å²) in [5.41, 5.74) is -0.591. The number of rotatable bonds is 6. The number of likely N-dealkylation sites (N-methyl/N-ethyl adjacent to an activating group) is 2. The number of carbonyl (C=O) groups is 1. The van der Waals surface area contributed by atoms with E-state index in [2.05, 4.69) is 29.1 Å². The van der Waals surface area contributed by atoms with Crippen LogP contribution < -0.4 is 5.32 Å². The summed E-state index contributed by atoms with van der Waals surface area (Å²) in [6, 6.07) is 0.372. The van der Waals surface area contributed by atoms with E-state index in [-0.39, 0.29) is 5.97 Å². The van der Waals surface area contributed by atoms with Gasteiger partial charge in [-0.05, 0) is 33.9 Å². The standard InChI is InChI=1S/C14H29N3O2/c1-6-15-14(3,13(18)19-5)11-12(2)17-9-7-16(4)8-10-17/h12,15H,6-11H2,1-5H3. The van der Waals surface area contributed by atoms with Crippen LogP contribution in [0.5, 0.6) is 0 Å². The quantitative estimate of drug-likeness (QED) is 0.715. The van der Waals surface area contributed by atoms with Crippen molar-refractivity contribution in [2.45, 2.75) is 38.8 Å². The predicted molar refractivity (Wildman–Crippen MR) is 77.2 cm³/mol. The van der Waals surface area contributed by atoms with E-state index in [0.29, 0.717) is 6.04 Å². The van der Waals surface area contributed by atoms with Crippen LogP contribution in [-0.2, 0) is 9.53 Å². The molecule has 1 N–H and O–H groups in total. The highest BCUT2D eigenvalue weighted by molar-refractivity contribution is 5.80. The molecule has 1 heterocycles. The highest BCUT2D eigenvalue weighted by Gasteiger charge is 2.36. The molecule has 2 unspecified atom stereocenters. The maximum absolute atomic E-state index is 12.0. The zero-order valence-electron chi connectivity index (χ0n) is 13.0. The average Bonchev–Trinajstić information content (AvgIpc) is 2.38. The van der Waals surface area contributed by atoms with Gasteiger partial charge in [-0.3, -0.25) is 9.69 Å². The van der Waals surface area contributed by atoms with Crippen molar-refractivity contribution in [2.75, 3.05) is 46.9 Å². The van der Waals surface area contributed by atoms with Crippen molar-refractivity contribution in [3.63, 3.8) is 0 Å². The second kappa shape index (κ2) is 7.22. The van der Waals surface area contributed by atoms with Crippen LogP contribution >= 0.6 is 0 Å². The molecule has 5 nitrogen and oxygen atoms in total. The molecule has 0 aromatic heterocycles. The van der Waals surface area contributed by atoms with E-state index in [0.717, 1.165) is 39.1 Å². The number of esters is 1. The van der Waals surface area contributed by atoms with Gasteiger partial charge in [0.05, 0.1) is 7.11 Å². The second-order valence-electron chi connectivity index (χ2n) is 5.75. The van der Waals surface area contributed by atoms with Crippen LogP contribution in [0, 0.1) is 0 Å².